The molecule has 0 unspecified atom stereocenters. The maximum absolute atomic E-state index is 11.0. The van der Waals surface area contributed by atoms with Gasteiger partial charge in [0.25, 0.3) is 0 Å². The van der Waals surface area contributed by atoms with E-state index < -0.39 is 0 Å². The third kappa shape index (κ3) is 6.98. The molecule has 0 bridgehead atoms. The highest BCUT2D eigenvalue weighted by atomic mass is 16.6. The van der Waals surface area contributed by atoms with Crippen LogP contribution in [0, 0.1) is 5.21 Å². The lowest BCUT2D eigenvalue weighted by molar-refractivity contribution is -0.869. The van der Waals surface area contributed by atoms with Gasteiger partial charge >= 0.3 is 0 Å². The molecule has 86 valence electrons. The minimum atomic E-state index is -0.125. The Morgan fingerprint density at radius 3 is 1.87 bits per heavy atom. The average molecular weight is 214 g/mol. The second-order valence-corrected chi connectivity index (χ2v) is 3.38. The van der Waals surface area contributed by atoms with Crippen molar-refractivity contribution in [2.75, 3.05) is 33.4 Å². The molecule has 2 N–H and O–H groups in total. The van der Waals surface area contributed by atoms with E-state index in [4.69, 9.17) is 4.74 Å². The first-order chi connectivity index (χ1) is 6.71. The molecule has 0 atom stereocenters. The number of nitrogens with zero attached hydrogens (tertiary/aromatic N) is 2. The minimum Gasteiger partial charge on any atom is -0.633 e. The Morgan fingerprint density at radius 2 is 1.67 bits per heavy atom. The zero-order chi connectivity index (χ0) is 10.3. The number of quaternary nitrogens is 1. The molecule has 2 rings (SSSR count). The second-order valence-electron chi connectivity index (χ2n) is 3.38. The molecule has 2 heterocycles. The van der Waals surface area contributed by atoms with Gasteiger partial charge in [-0.3, -0.25) is 4.98 Å². The molecule has 0 amide bonds. The molecule has 5 heteroatoms. The van der Waals surface area contributed by atoms with Crippen molar-refractivity contribution in [2.24, 2.45) is 0 Å². The average Bonchev–Trinajstić information content (AvgIpc) is 2.21. The van der Waals surface area contributed by atoms with E-state index in [-0.39, 0.29) is 10.1 Å². The molecule has 1 fully saturated rings. The number of rotatable bonds is 0. The van der Waals surface area contributed by atoms with Crippen LogP contribution in [0.25, 0.3) is 0 Å². The number of ether oxygens (including phenoxy) is 1. The van der Waals surface area contributed by atoms with E-state index in [1.165, 1.54) is 0 Å². The van der Waals surface area contributed by atoms with Crippen LogP contribution in [-0.4, -0.2) is 48.5 Å². The quantitative estimate of drug-likeness (QED) is 0.458. The van der Waals surface area contributed by atoms with Gasteiger partial charge in [0.2, 0.25) is 0 Å². The lowest BCUT2D eigenvalue weighted by Crippen LogP contribution is -2.46. The molecular weight excluding hydrogens is 196 g/mol. The Labute approximate surface area is 89.8 Å². The van der Waals surface area contributed by atoms with E-state index in [1.54, 1.807) is 19.4 Å². The Bertz CT molecular complexity index is 207. The van der Waals surface area contributed by atoms with Crippen molar-refractivity contribution in [1.82, 2.24) is 4.98 Å². The lowest BCUT2D eigenvalue weighted by Gasteiger charge is -2.41. The molecule has 1 saturated heterocycles. The number of likely N-dealkylation sites (N-methyl/N-ethyl adjacent to an activating group) is 1. The normalized spacial score (nSPS) is 18.0. The summed E-state index contributed by atoms with van der Waals surface area (Å²) in [5.41, 5.74) is 0. The number of pyridine rings is 1. The first kappa shape index (κ1) is 14.0. The van der Waals surface area contributed by atoms with Gasteiger partial charge in [-0.05, 0) is 12.1 Å². The molecule has 0 aromatic carbocycles. The number of morpholine rings is 1. The van der Waals surface area contributed by atoms with E-state index in [9.17, 15) is 5.21 Å². The number of hydroxylamine groups is 3. The summed E-state index contributed by atoms with van der Waals surface area (Å²) in [4.78, 5) is 3.78. The van der Waals surface area contributed by atoms with Gasteiger partial charge in [-0.15, -0.1) is 0 Å². The molecule has 0 saturated carbocycles. The van der Waals surface area contributed by atoms with Crippen LogP contribution < -0.4 is 0 Å². The predicted octanol–water partition coefficient (Wildman–Crippen LogP) is 0.218. The zero-order valence-corrected chi connectivity index (χ0v) is 8.93. The summed E-state index contributed by atoms with van der Waals surface area (Å²) in [5.74, 6) is 0. The number of hydrogen-bond donors (Lipinski definition) is 0. The minimum absolute atomic E-state index is 0. The Balaban J connectivity index is 0.000000253. The van der Waals surface area contributed by atoms with Crippen LogP contribution in [0.4, 0.5) is 0 Å². The van der Waals surface area contributed by atoms with Gasteiger partial charge in [-0.1, -0.05) is 6.07 Å². The first-order valence-corrected chi connectivity index (χ1v) is 4.69. The van der Waals surface area contributed by atoms with Crippen LogP contribution in [0.2, 0.25) is 0 Å². The van der Waals surface area contributed by atoms with Crippen LogP contribution in [0.3, 0.4) is 0 Å². The lowest BCUT2D eigenvalue weighted by atomic mass is 10.4. The molecule has 5 nitrogen and oxygen atoms in total. The maximum atomic E-state index is 11.0. The van der Waals surface area contributed by atoms with Crippen molar-refractivity contribution < 1.29 is 14.9 Å². The fraction of sp³-hybridized carbons (Fsp3) is 0.500. The van der Waals surface area contributed by atoms with Crippen LogP contribution in [0.5, 0.6) is 0 Å². The second kappa shape index (κ2) is 7.30. The van der Waals surface area contributed by atoms with E-state index in [0.29, 0.717) is 26.3 Å². The van der Waals surface area contributed by atoms with Crippen molar-refractivity contribution in [1.29, 1.82) is 0 Å². The van der Waals surface area contributed by atoms with Crippen molar-refractivity contribution in [3.8, 4) is 0 Å². The largest absolute Gasteiger partial charge is 0.633 e. The highest BCUT2D eigenvalue weighted by Gasteiger charge is 2.13. The predicted molar refractivity (Wildman–Crippen MR) is 58.0 cm³/mol. The molecule has 0 aliphatic carbocycles. The standard InChI is InChI=1S/C5H11NO2.C5H5N.H2O/c1-6(7)2-4-8-5-3-6;1-2-4-6-5-3-1;/h2-5H2,1H3;1-5H;1H2. The van der Waals surface area contributed by atoms with Gasteiger partial charge in [-0.2, -0.15) is 0 Å². The van der Waals surface area contributed by atoms with Crippen molar-refractivity contribution in [2.45, 2.75) is 0 Å². The summed E-state index contributed by atoms with van der Waals surface area (Å²) in [7, 11) is 1.68. The highest BCUT2D eigenvalue weighted by molar-refractivity contribution is 4.88. The Morgan fingerprint density at radius 1 is 1.13 bits per heavy atom. The molecule has 15 heavy (non-hydrogen) atoms. The summed E-state index contributed by atoms with van der Waals surface area (Å²) in [6.45, 7) is 2.47. The smallest absolute Gasteiger partial charge is 0.102 e. The summed E-state index contributed by atoms with van der Waals surface area (Å²) in [5, 5.41) is 11.0. The highest BCUT2D eigenvalue weighted by Crippen LogP contribution is 2.02. The van der Waals surface area contributed by atoms with Gasteiger partial charge in [-0.25, -0.2) is 0 Å². The van der Waals surface area contributed by atoms with Gasteiger partial charge < -0.3 is 20.1 Å². The molecule has 1 aliphatic rings. The topological polar surface area (TPSA) is 76.7 Å². The van der Waals surface area contributed by atoms with Gasteiger partial charge in [0.05, 0.1) is 20.3 Å². The van der Waals surface area contributed by atoms with Crippen LogP contribution >= 0.6 is 0 Å². The fourth-order valence-corrected chi connectivity index (χ4v) is 1.04. The van der Waals surface area contributed by atoms with Gasteiger partial charge in [0.15, 0.2) is 0 Å². The van der Waals surface area contributed by atoms with Crippen LogP contribution in [0.1, 0.15) is 0 Å². The summed E-state index contributed by atoms with van der Waals surface area (Å²) in [6, 6.07) is 5.72. The van der Waals surface area contributed by atoms with E-state index in [0.717, 1.165) is 0 Å². The summed E-state index contributed by atoms with van der Waals surface area (Å²) < 4.78 is 4.86. The van der Waals surface area contributed by atoms with Gasteiger partial charge in [0.1, 0.15) is 13.1 Å². The zero-order valence-electron chi connectivity index (χ0n) is 8.93. The molecule has 1 aromatic heterocycles. The van der Waals surface area contributed by atoms with Crippen molar-refractivity contribution in [3.05, 3.63) is 35.8 Å². The third-order valence-corrected chi connectivity index (χ3v) is 1.98. The monoisotopic (exact) mass is 214 g/mol. The van der Waals surface area contributed by atoms with E-state index >= 15 is 0 Å². The Hall–Kier alpha value is -1.01. The van der Waals surface area contributed by atoms with Gasteiger partial charge in [0, 0.05) is 12.4 Å². The fourth-order valence-electron chi connectivity index (χ4n) is 1.04. The van der Waals surface area contributed by atoms with E-state index in [1.807, 2.05) is 18.2 Å². The molecular formula is C10H18N2O3. The SMILES string of the molecule is C[N+]1([O-])CCOCC1.O.c1ccncc1. The Kier molecular flexibility index (Phi) is 6.81. The van der Waals surface area contributed by atoms with Crippen molar-refractivity contribution >= 4 is 0 Å². The van der Waals surface area contributed by atoms with Crippen LogP contribution in [0.15, 0.2) is 30.6 Å². The molecule has 0 spiro atoms. The number of aromatic nitrogens is 1. The number of hydrogen-bond acceptors (Lipinski definition) is 3. The first-order valence-electron chi connectivity index (χ1n) is 4.69. The molecule has 1 aromatic rings. The maximum Gasteiger partial charge on any atom is 0.102 e. The molecule has 1 aliphatic heterocycles. The van der Waals surface area contributed by atoms with Crippen molar-refractivity contribution in [3.63, 3.8) is 0 Å². The molecule has 0 radical (unpaired) electrons. The van der Waals surface area contributed by atoms with E-state index in [2.05, 4.69) is 4.98 Å². The van der Waals surface area contributed by atoms with Crippen LogP contribution in [-0.2, 0) is 4.74 Å². The summed E-state index contributed by atoms with van der Waals surface area (Å²) in [6.07, 6.45) is 3.50. The third-order valence-electron chi connectivity index (χ3n) is 1.98. The summed E-state index contributed by atoms with van der Waals surface area (Å²) >= 11 is 0.